The lowest BCUT2D eigenvalue weighted by Crippen LogP contribution is -2.38. The Morgan fingerprint density at radius 1 is 1.43 bits per heavy atom. The van der Waals surface area contributed by atoms with Crippen molar-refractivity contribution in [2.24, 2.45) is 0 Å². The number of aliphatic hydroxyl groups excluding tert-OH is 1. The molecule has 2 heterocycles. The zero-order valence-corrected chi connectivity index (χ0v) is 12.6. The highest BCUT2D eigenvalue weighted by Crippen LogP contribution is 2.29. The molecule has 0 aliphatic carbocycles. The fourth-order valence-corrected chi connectivity index (χ4v) is 2.70. The molecule has 1 fully saturated rings. The molecule has 1 saturated heterocycles. The van der Waals surface area contributed by atoms with Gasteiger partial charge >= 0.3 is 0 Å². The van der Waals surface area contributed by atoms with Gasteiger partial charge < -0.3 is 20.2 Å². The van der Waals surface area contributed by atoms with Gasteiger partial charge in [-0.15, -0.1) is 0 Å². The Hall–Kier alpha value is -1.47. The third kappa shape index (κ3) is 3.59. The summed E-state index contributed by atoms with van der Waals surface area (Å²) in [5.74, 6) is -1.27. The molecular weight excluding hydrogens is 278 g/mol. The van der Waals surface area contributed by atoms with Gasteiger partial charge in [-0.1, -0.05) is 0 Å². The van der Waals surface area contributed by atoms with Crippen LogP contribution >= 0.6 is 0 Å². The molecule has 118 valence electrons. The van der Waals surface area contributed by atoms with Gasteiger partial charge in [0.15, 0.2) is 23.3 Å². The molecule has 2 rings (SSSR count). The molecule has 7 heteroatoms. The predicted molar refractivity (Wildman–Crippen MR) is 78.6 cm³/mol. The van der Waals surface area contributed by atoms with E-state index in [9.17, 15) is 13.9 Å². The number of hydrogen-bond acceptors (Lipinski definition) is 5. The van der Waals surface area contributed by atoms with E-state index in [1.165, 1.54) is 0 Å². The molecule has 5 nitrogen and oxygen atoms in total. The van der Waals surface area contributed by atoms with E-state index < -0.39 is 17.7 Å². The normalized spacial score (nSPS) is 22.1. The third-order valence-corrected chi connectivity index (χ3v) is 3.50. The number of aromatic nitrogens is 1. The maximum absolute atomic E-state index is 14.1. The van der Waals surface area contributed by atoms with Crippen LogP contribution in [0.25, 0.3) is 0 Å². The predicted octanol–water partition coefficient (Wildman–Crippen LogP) is 1.29. The van der Waals surface area contributed by atoms with Crippen molar-refractivity contribution < 1.29 is 13.9 Å². The summed E-state index contributed by atoms with van der Waals surface area (Å²) < 4.78 is 27.7. The molecule has 2 N–H and O–H groups in total. The molecule has 0 aromatic carbocycles. The Morgan fingerprint density at radius 3 is 2.76 bits per heavy atom. The number of aliphatic hydroxyl groups is 1. The molecule has 2 unspecified atom stereocenters. The van der Waals surface area contributed by atoms with Crippen molar-refractivity contribution in [3.8, 4) is 0 Å². The molecule has 21 heavy (non-hydrogen) atoms. The highest BCUT2D eigenvalue weighted by Gasteiger charge is 2.34. The Kier molecular flexibility index (Phi) is 4.95. The molecule has 0 radical (unpaired) electrons. The second kappa shape index (κ2) is 6.53. The zero-order valence-electron chi connectivity index (χ0n) is 12.6. The number of likely N-dealkylation sites (N-methyl/N-ethyl adjacent to an activating group) is 1. The Bertz CT molecular complexity index is 498. The SMILES string of the molecule is CCNc1nc(N2CC(O)CC2CN(C)C)c(F)cc1F. The van der Waals surface area contributed by atoms with Crippen molar-refractivity contribution in [2.45, 2.75) is 25.5 Å². The van der Waals surface area contributed by atoms with Gasteiger partial charge in [0, 0.05) is 31.7 Å². The van der Waals surface area contributed by atoms with Gasteiger partial charge in [0.1, 0.15) is 0 Å². The van der Waals surface area contributed by atoms with E-state index in [1.807, 2.05) is 25.9 Å². The van der Waals surface area contributed by atoms with Crippen LogP contribution in [-0.2, 0) is 0 Å². The molecule has 0 spiro atoms. The van der Waals surface area contributed by atoms with Gasteiger partial charge in [0.25, 0.3) is 0 Å². The van der Waals surface area contributed by atoms with Gasteiger partial charge in [-0.2, -0.15) is 0 Å². The molecule has 0 saturated carbocycles. The van der Waals surface area contributed by atoms with Gasteiger partial charge in [-0.05, 0) is 27.4 Å². The van der Waals surface area contributed by atoms with E-state index in [-0.39, 0.29) is 17.7 Å². The van der Waals surface area contributed by atoms with Crippen LogP contribution in [0.5, 0.6) is 0 Å². The van der Waals surface area contributed by atoms with Crippen molar-refractivity contribution in [1.29, 1.82) is 0 Å². The average molecular weight is 300 g/mol. The van der Waals surface area contributed by atoms with Gasteiger partial charge in [-0.25, -0.2) is 13.8 Å². The number of nitrogens with one attached hydrogen (secondary N) is 1. The number of halogens is 2. The standard InChI is InChI=1S/C14H22F2N4O/c1-4-17-13-11(15)6-12(16)14(18-13)20-8-10(21)5-9(20)7-19(2)3/h6,9-10,21H,4-5,7-8H2,1-3H3,(H,17,18). The largest absolute Gasteiger partial charge is 0.391 e. The number of rotatable bonds is 5. The van der Waals surface area contributed by atoms with E-state index in [1.54, 1.807) is 4.90 Å². The van der Waals surface area contributed by atoms with E-state index in [0.29, 0.717) is 26.1 Å². The van der Waals surface area contributed by atoms with Gasteiger partial charge in [0.2, 0.25) is 0 Å². The van der Waals surface area contributed by atoms with Crippen LogP contribution in [-0.4, -0.2) is 60.9 Å². The van der Waals surface area contributed by atoms with Crippen molar-refractivity contribution in [1.82, 2.24) is 9.88 Å². The quantitative estimate of drug-likeness (QED) is 0.858. The minimum Gasteiger partial charge on any atom is -0.391 e. The van der Waals surface area contributed by atoms with Crippen LogP contribution in [0.4, 0.5) is 20.4 Å². The molecule has 0 bridgehead atoms. The first kappa shape index (κ1) is 15.9. The number of β-amino-alcohol motifs (C(OH)–C–C–N with tert-alkyl or cyclic N) is 1. The molecule has 2 atom stereocenters. The van der Waals surface area contributed by atoms with Crippen molar-refractivity contribution in [3.63, 3.8) is 0 Å². The molecular formula is C14H22F2N4O. The second-order valence-electron chi connectivity index (χ2n) is 5.61. The average Bonchev–Trinajstić information content (AvgIpc) is 2.72. The first-order valence-electron chi connectivity index (χ1n) is 7.11. The van der Waals surface area contributed by atoms with Crippen LogP contribution in [0.15, 0.2) is 6.07 Å². The smallest absolute Gasteiger partial charge is 0.168 e. The first-order valence-corrected chi connectivity index (χ1v) is 7.11. The molecule has 1 aromatic rings. The lowest BCUT2D eigenvalue weighted by atomic mass is 10.2. The summed E-state index contributed by atoms with van der Waals surface area (Å²) in [7, 11) is 3.84. The Morgan fingerprint density at radius 2 is 2.14 bits per heavy atom. The number of pyridine rings is 1. The monoisotopic (exact) mass is 300 g/mol. The lowest BCUT2D eigenvalue weighted by Gasteiger charge is -2.28. The number of nitrogens with zero attached hydrogens (tertiary/aromatic N) is 3. The third-order valence-electron chi connectivity index (χ3n) is 3.50. The topological polar surface area (TPSA) is 51.6 Å². The van der Waals surface area contributed by atoms with Crippen molar-refractivity contribution >= 4 is 11.6 Å². The summed E-state index contributed by atoms with van der Waals surface area (Å²) in [6.07, 6.45) is 0.0246. The zero-order chi connectivity index (χ0) is 15.6. The highest BCUT2D eigenvalue weighted by molar-refractivity contribution is 5.51. The summed E-state index contributed by atoms with van der Waals surface area (Å²) in [4.78, 5) is 7.77. The minimum absolute atomic E-state index is 0.0406. The fraction of sp³-hybridized carbons (Fsp3) is 0.643. The van der Waals surface area contributed by atoms with Crippen LogP contribution in [0.1, 0.15) is 13.3 Å². The minimum atomic E-state index is -0.706. The summed E-state index contributed by atoms with van der Waals surface area (Å²) in [5.41, 5.74) is 0. The summed E-state index contributed by atoms with van der Waals surface area (Å²) in [6, 6.07) is 0.800. The maximum Gasteiger partial charge on any atom is 0.168 e. The van der Waals surface area contributed by atoms with Crippen LogP contribution in [0.3, 0.4) is 0 Å². The molecule has 1 aromatic heterocycles. The van der Waals surface area contributed by atoms with E-state index >= 15 is 0 Å². The fourth-order valence-electron chi connectivity index (χ4n) is 2.70. The Balaban J connectivity index is 2.32. The lowest BCUT2D eigenvalue weighted by molar-refractivity contribution is 0.191. The van der Waals surface area contributed by atoms with E-state index in [0.717, 1.165) is 6.07 Å². The van der Waals surface area contributed by atoms with Crippen LogP contribution in [0.2, 0.25) is 0 Å². The summed E-state index contributed by atoms with van der Waals surface area (Å²) in [6.45, 7) is 3.29. The summed E-state index contributed by atoms with van der Waals surface area (Å²) >= 11 is 0. The van der Waals surface area contributed by atoms with Crippen LogP contribution in [0, 0.1) is 11.6 Å². The molecule has 1 aliphatic rings. The van der Waals surface area contributed by atoms with Gasteiger partial charge in [-0.3, -0.25) is 0 Å². The highest BCUT2D eigenvalue weighted by atomic mass is 19.1. The number of anilines is 2. The second-order valence-corrected chi connectivity index (χ2v) is 5.61. The molecule has 0 amide bonds. The van der Waals surface area contributed by atoms with Crippen LogP contribution < -0.4 is 10.2 Å². The summed E-state index contributed by atoms with van der Waals surface area (Å²) in [5, 5.41) is 12.6. The van der Waals surface area contributed by atoms with Gasteiger partial charge in [0.05, 0.1) is 6.10 Å². The van der Waals surface area contributed by atoms with Crippen molar-refractivity contribution in [2.75, 3.05) is 43.9 Å². The Labute approximate surface area is 123 Å². The van der Waals surface area contributed by atoms with Crippen molar-refractivity contribution in [3.05, 3.63) is 17.7 Å². The van der Waals surface area contributed by atoms with E-state index in [2.05, 4.69) is 10.3 Å². The first-order chi connectivity index (χ1) is 9.92. The number of hydrogen-bond donors (Lipinski definition) is 2. The van der Waals surface area contributed by atoms with E-state index in [4.69, 9.17) is 0 Å². The maximum atomic E-state index is 14.1. The molecule has 1 aliphatic heterocycles.